The Labute approximate surface area is 140 Å². The van der Waals surface area contributed by atoms with E-state index in [0.717, 1.165) is 35.7 Å². The Bertz CT molecular complexity index is 586. The van der Waals surface area contributed by atoms with Crippen LogP contribution in [0.1, 0.15) is 56.7 Å². The van der Waals surface area contributed by atoms with Crippen molar-refractivity contribution in [2.24, 2.45) is 0 Å². The summed E-state index contributed by atoms with van der Waals surface area (Å²) in [5, 5.41) is 10.5. The molecule has 0 aliphatic carbocycles. The number of hydrogen-bond donors (Lipinski definition) is 1. The lowest BCUT2D eigenvalue weighted by Crippen LogP contribution is -2.39. The molecule has 0 atom stereocenters. The van der Waals surface area contributed by atoms with Crippen LogP contribution in [-0.4, -0.2) is 18.0 Å². The highest BCUT2D eigenvalue weighted by Gasteiger charge is 2.37. The quantitative estimate of drug-likeness (QED) is 0.435. The van der Waals surface area contributed by atoms with Gasteiger partial charge >= 0.3 is 0 Å². The maximum absolute atomic E-state index is 10.6. The van der Waals surface area contributed by atoms with Crippen LogP contribution in [0.2, 0.25) is 18.1 Å². The summed E-state index contributed by atoms with van der Waals surface area (Å²) in [6.45, 7) is 12.4. The third-order valence-corrected chi connectivity index (χ3v) is 8.41. The SMILES string of the molecule is CC(C)c1ccc(CCC(C)(C)[Si](C)(C)O)cc1/C=C/[N+](=O)[O-]. The van der Waals surface area contributed by atoms with Gasteiger partial charge in [0, 0.05) is 6.08 Å². The fraction of sp³-hybridized carbons (Fsp3) is 0.556. The van der Waals surface area contributed by atoms with E-state index >= 15 is 0 Å². The van der Waals surface area contributed by atoms with Crippen molar-refractivity contribution in [2.75, 3.05) is 0 Å². The summed E-state index contributed by atoms with van der Waals surface area (Å²) in [6, 6.07) is 6.20. The van der Waals surface area contributed by atoms with Gasteiger partial charge in [-0.25, -0.2) is 0 Å². The average molecular weight is 336 g/mol. The Hall–Kier alpha value is -1.46. The van der Waals surface area contributed by atoms with Crippen LogP contribution in [0.3, 0.4) is 0 Å². The summed E-state index contributed by atoms with van der Waals surface area (Å²) >= 11 is 0. The normalized spacial score (nSPS) is 13.0. The predicted molar refractivity (Wildman–Crippen MR) is 98.6 cm³/mol. The molecule has 0 saturated heterocycles. The lowest BCUT2D eigenvalue weighted by Gasteiger charge is -2.35. The van der Waals surface area contributed by atoms with E-state index < -0.39 is 13.2 Å². The molecular formula is C18H29NO3Si. The number of nitro groups is 1. The van der Waals surface area contributed by atoms with E-state index in [4.69, 9.17) is 0 Å². The zero-order chi connectivity index (χ0) is 17.8. The number of aryl methyl sites for hydroxylation is 1. The molecule has 0 aromatic heterocycles. The van der Waals surface area contributed by atoms with Crippen molar-refractivity contribution in [2.45, 2.75) is 64.6 Å². The molecule has 23 heavy (non-hydrogen) atoms. The van der Waals surface area contributed by atoms with Crippen molar-refractivity contribution in [3.63, 3.8) is 0 Å². The molecule has 1 rings (SSSR count). The van der Waals surface area contributed by atoms with Gasteiger partial charge in [-0.1, -0.05) is 45.9 Å². The van der Waals surface area contributed by atoms with Gasteiger partial charge in [0.2, 0.25) is 6.20 Å². The molecule has 4 nitrogen and oxygen atoms in total. The van der Waals surface area contributed by atoms with Gasteiger partial charge in [0.1, 0.15) is 0 Å². The van der Waals surface area contributed by atoms with E-state index in [-0.39, 0.29) is 5.04 Å². The third kappa shape index (κ3) is 5.59. The lowest BCUT2D eigenvalue weighted by atomic mass is 9.93. The van der Waals surface area contributed by atoms with Crippen LogP contribution in [0.4, 0.5) is 0 Å². The summed E-state index contributed by atoms with van der Waals surface area (Å²) in [4.78, 5) is 20.6. The zero-order valence-electron chi connectivity index (χ0n) is 15.1. The Morgan fingerprint density at radius 3 is 2.43 bits per heavy atom. The minimum Gasteiger partial charge on any atom is -0.432 e. The summed E-state index contributed by atoms with van der Waals surface area (Å²) < 4.78 is 0. The first-order valence-electron chi connectivity index (χ1n) is 8.11. The van der Waals surface area contributed by atoms with Gasteiger partial charge < -0.3 is 4.80 Å². The molecule has 0 aliphatic heterocycles. The van der Waals surface area contributed by atoms with Crippen molar-refractivity contribution < 1.29 is 9.72 Å². The highest BCUT2D eigenvalue weighted by atomic mass is 28.4. The summed E-state index contributed by atoms with van der Waals surface area (Å²) in [5.74, 6) is 0.315. The highest BCUT2D eigenvalue weighted by Crippen LogP contribution is 2.39. The van der Waals surface area contributed by atoms with Gasteiger partial charge in [0.15, 0.2) is 8.32 Å². The van der Waals surface area contributed by atoms with E-state index in [1.54, 1.807) is 6.08 Å². The van der Waals surface area contributed by atoms with E-state index in [1.807, 2.05) is 19.2 Å². The van der Waals surface area contributed by atoms with E-state index in [1.165, 1.54) is 0 Å². The van der Waals surface area contributed by atoms with Crippen molar-refractivity contribution in [3.8, 4) is 0 Å². The molecule has 1 aromatic rings. The summed E-state index contributed by atoms with van der Waals surface area (Å²) in [7, 11) is -2.21. The second kappa shape index (κ2) is 7.40. The van der Waals surface area contributed by atoms with Crippen LogP contribution in [-0.2, 0) is 6.42 Å². The molecule has 0 amide bonds. The molecule has 0 saturated carbocycles. The molecule has 0 radical (unpaired) electrons. The minimum absolute atomic E-state index is 0.0689. The molecule has 0 bridgehead atoms. The molecule has 1 aromatic carbocycles. The van der Waals surface area contributed by atoms with Crippen molar-refractivity contribution in [3.05, 3.63) is 51.2 Å². The van der Waals surface area contributed by atoms with Crippen LogP contribution in [0.25, 0.3) is 6.08 Å². The molecule has 128 valence electrons. The monoisotopic (exact) mass is 335 g/mol. The maximum atomic E-state index is 10.6. The van der Waals surface area contributed by atoms with Crippen LogP contribution in [0, 0.1) is 10.1 Å². The second-order valence-corrected chi connectivity index (χ2v) is 12.1. The average Bonchev–Trinajstić information content (AvgIpc) is 2.41. The van der Waals surface area contributed by atoms with Crippen LogP contribution >= 0.6 is 0 Å². The summed E-state index contributed by atoms with van der Waals surface area (Å²) in [5.41, 5.74) is 3.18. The first-order chi connectivity index (χ1) is 10.4. The smallest absolute Gasteiger partial charge is 0.235 e. The Morgan fingerprint density at radius 1 is 1.35 bits per heavy atom. The van der Waals surface area contributed by atoms with Gasteiger partial charge in [0.05, 0.1) is 4.92 Å². The Balaban J connectivity index is 3.02. The van der Waals surface area contributed by atoms with Crippen LogP contribution < -0.4 is 0 Å². The first-order valence-corrected chi connectivity index (χ1v) is 11.1. The van der Waals surface area contributed by atoms with Crippen molar-refractivity contribution >= 4 is 14.4 Å². The third-order valence-electron chi connectivity index (χ3n) is 4.84. The predicted octanol–water partition coefficient (Wildman–Crippen LogP) is 4.97. The van der Waals surface area contributed by atoms with Gasteiger partial charge in [0.25, 0.3) is 0 Å². The molecule has 0 aliphatic rings. The first kappa shape index (κ1) is 19.6. The number of benzene rings is 1. The van der Waals surface area contributed by atoms with Gasteiger partial charge in [-0.05, 0) is 53.6 Å². The van der Waals surface area contributed by atoms with Crippen molar-refractivity contribution in [1.82, 2.24) is 0 Å². The van der Waals surface area contributed by atoms with E-state index in [9.17, 15) is 14.9 Å². The second-order valence-electron chi connectivity index (χ2n) is 7.66. The van der Waals surface area contributed by atoms with Gasteiger partial charge in [-0.3, -0.25) is 10.1 Å². The standard InChI is InChI=1S/C18H29NO3Si/c1-14(2)17-8-7-15(13-16(17)10-12-19(20)21)9-11-18(3,4)23(5,6)22/h7-8,10,12-14,22H,9,11H2,1-6H3/b12-10+. The molecule has 0 heterocycles. The molecular weight excluding hydrogens is 306 g/mol. The molecule has 0 fully saturated rings. The fourth-order valence-corrected chi connectivity index (χ4v) is 3.09. The fourth-order valence-electron chi connectivity index (χ4n) is 2.35. The minimum atomic E-state index is -2.21. The highest BCUT2D eigenvalue weighted by molar-refractivity contribution is 6.72. The van der Waals surface area contributed by atoms with Gasteiger partial charge in [-0.2, -0.15) is 0 Å². The topological polar surface area (TPSA) is 63.4 Å². The van der Waals surface area contributed by atoms with Crippen molar-refractivity contribution in [1.29, 1.82) is 0 Å². The number of hydrogen-bond acceptors (Lipinski definition) is 3. The Morgan fingerprint density at radius 2 is 1.96 bits per heavy atom. The van der Waals surface area contributed by atoms with Crippen LogP contribution in [0.5, 0.6) is 0 Å². The molecule has 0 spiro atoms. The summed E-state index contributed by atoms with van der Waals surface area (Å²) in [6.07, 6.45) is 4.34. The largest absolute Gasteiger partial charge is 0.432 e. The van der Waals surface area contributed by atoms with Gasteiger partial charge in [-0.15, -0.1) is 0 Å². The number of nitrogens with zero attached hydrogens (tertiary/aromatic N) is 1. The van der Waals surface area contributed by atoms with E-state index in [0.29, 0.717) is 5.92 Å². The zero-order valence-corrected chi connectivity index (χ0v) is 16.1. The Kier molecular flexibility index (Phi) is 6.30. The lowest BCUT2D eigenvalue weighted by molar-refractivity contribution is -0.400. The van der Waals surface area contributed by atoms with E-state index in [2.05, 4.69) is 39.8 Å². The van der Waals surface area contributed by atoms with Crippen LogP contribution in [0.15, 0.2) is 24.4 Å². The molecule has 1 N–H and O–H groups in total. The molecule has 5 heteroatoms. The maximum Gasteiger partial charge on any atom is 0.235 e. The molecule has 0 unspecified atom stereocenters. The number of rotatable bonds is 7.